The van der Waals surface area contributed by atoms with E-state index in [2.05, 4.69) is 16.0 Å². The molecule has 7 heteroatoms. The Kier molecular flexibility index (Phi) is 7.06. The smallest absolute Gasteiger partial charge is 0.244 e. The number of ketones is 1. The van der Waals surface area contributed by atoms with E-state index in [1.807, 2.05) is 0 Å². The summed E-state index contributed by atoms with van der Waals surface area (Å²) < 4.78 is 0. The Morgan fingerprint density at radius 1 is 1.25 bits per heavy atom. The van der Waals surface area contributed by atoms with Crippen LogP contribution >= 0.6 is 0 Å². The highest BCUT2D eigenvalue weighted by Gasteiger charge is 2.18. The minimum atomic E-state index is -0.805. The van der Waals surface area contributed by atoms with Crippen LogP contribution in [0.2, 0.25) is 0 Å². The first kappa shape index (κ1) is 14.5. The van der Waals surface area contributed by atoms with Crippen LogP contribution in [0.25, 0.3) is 0 Å². The lowest BCUT2D eigenvalue weighted by Gasteiger charge is -2.15. The molecule has 0 saturated heterocycles. The lowest BCUT2D eigenvalue weighted by Crippen LogP contribution is -2.52. The van der Waals surface area contributed by atoms with Crippen LogP contribution in [-0.4, -0.2) is 50.3 Å². The minimum absolute atomic E-state index is 0.0147. The fourth-order valence-corrected chi connectivity index (χ4v) is 0.972. The first-order valence-electron chi connectivity index (χ1n) is 4.92. The SMILES string of the molecule is CNCC(=O)NC(CN)C(=O)NCC(C)=O. The number of hydrogen-bond donors (Lipinski definition) is 4. The lowest BCUT2D eigenvalue weighted by atomic mass is 10.2. The number of rotatable bonds is 7. The van der Waals surface area contributed by atoms with E-state index in [9.17, 15) is 14.4 Å². The molecule has 0 radical (unpaired) electrons. The quantitative estimate of drug-likeness (QED) is 0.381. The van der Waals surface area contributed by atoms with Gasteiger partial charge < -0.3 is 21.7 Å². The van der Waals surface area contributed by atoms with Gasteiger partial charge in [-0.05, 0) is 14.0 Å². The first-order chi connectivity index (χ1) is 7.51. The Hall–Kier alpha value is -1.47. The molecule has 92 valence electrons. The Balaban J connectivity index is 4.11. The third kappa shape index (κ3) is 6.10. The summed E-state index contributed by atoms with van der Waals surface area (Å²) in [7, 11) is 1.62. The molecule has 0 aliphatic carbocycles. The van der Waals surface area contributed by atoms with Gasteiger partial charge in [0.2, 0.25) is 11.8 Å². The van der Waals surface area contributed by atoms with Gasteiger partial charge >= 0.3 is 0 Å². The van der Waals surface area contributed by atoms with Crippen LogP contribution in [0.4, 0.5) is 0 Å². The second kappa shape index (κ2) is 7.77. The Labute approximate surface area is 94.1 Å². The van der Waals surface area contributed by atoms with Crippen molar-refractivity contribution in [2.45, 2.75) is 13.0 Å². The van der Waals surface area contributed by atoms with Crippen molar-refractivity contribution in [1.82, 2.24) is 16.0 Å². The van der Waals surface area contributed by atoms with Crippen molar-refractivity contribution in [3.05, 3.63) is 0 Å². The average Bonchev–Trinajstić information content (AvgIpc) is 2.22. The Bertz CT molecular complexity index is 267. The van der Waals surface area contributed by atoms with E-state index in [0.717, 1.165) is 0 Å². The molecule has 16 heavy (non-hydrogen) atoms. The van der Waals surface area contributed by atoms with Crippen molar-refractivity contribution in [3.63, 3.8) is 0 Å². The summed E-state index contributed by atoms with van der Waals surface area (Å²) >= 11 is 0. The van der Waals surface area contributed by atoms with Gasteiger partial charge in [-0.3, -0.25) is 14.4 Å². The molecule has 0 aromatic carbocycles. The van der Waals surface area contributed by atoms with Gasteiger partial charge in [-0.25, -0.2) is 0 Å². The summed E-state index contributed by atoms with van der Waals surface area (Å²) in [5, 5.41) is 7.47. The van der Waals surface area contributed by atoms with E-state index in [-0.39, 0.29) is 31.3 Å². The number of nitrogens with two attached hydrogens (primary N) is 1. The van der Waals surface area contributed by atoms with Gasteiger partial charge in [-0.2, -0.15) is 0 Å². The molecule has 0 aromatic rings. The standard InChI is InChI=1S/C9H18N4O3/c1-6(14)4-12-9(16)7(3-10)13-8(15)5-11-2/h7,11H,3-5,10H2,1-2H3,(H,12,16)(H,13,15). The molecule has 0 aliphatic rings. The fraction of sp³-hybridized carbons (Fsp3) is 0.667. The van der Waals surface area contributed by atoms with Crippen molar-refractivity contribution in [2.75, 3.05) is 26.7 Å². The summed E-state index contributed by atoms with van der Waals surface area (Å²) in [5.41, 5.74) is 5.34. The van der Waals surface area contributed by atoms with Crippen molar-refractivity contribution < 1.29 is 14.4 Å². The maximum Gasteiger partial charge on any atom is 0.244 e. The predicted molar refractivity (Wildman–Crippen MR) is 58.6 cm³/mol. The lowest BCUT2D eigenvalue weighted by molar-refractivity contribution is -0.129. The Morgan fingerprint density at radius 2 is 1.88 bits per heavy atom. The summed E-state index contributed by atoms with van der Waals surface area (Å²) in [6, 6.07) is -0.805. The van der Waals surface area contributed by atoms with E-state index in [1.165, 1.54) is 6.92 Å². The molecule has 0 aliphatic heterocycles. The second-order valence-electron chi connectivity index (χ2n) is 3.31. The van der Waals surface area contributed by atoms with E-state index >= 15 is 0 Å². The number of Topliss-reactive ketones (excluding diaryl/α,β-unsaturated/α-hetero) is 1. The number of nitrogens with one attached hydrogen (secondary N) is 3. The van der Waals surface area contributed by atoms with Crippen LogP contribution in [0.1, 0.15) is 6.92 Å². The highest BCUT2D eigenvalue weighted by molar-refractivity contribution is 5.91. The normalized spacial score (nSPS) is 11.7. The maximum absolute atomic E-state index is 11.4. The number of hydrogen-bond acceptors (Lipinski definition) is 5. The largest absolute Gasteiger partial charge is 0.347 e. The van der Waals surface area contributed by atoms with Crippen LogP contribution in [0, 0.1) is 0 Å². The van der Waals surface area contributed by atoms with Gasteiger partial charge in [0, 0.05) is 6.54 Å². The highest BCUT2D eigenvalue weighted by Crippen LogP contribution is 1.82. The van der Waals surface area contributed by atoms with Gasteiger partial charge in [-0.1, -0.05) is 0 Å². The predicted octanol–water partition coefficient (Wildman–Crippen LogP) is -2.65. The number of amides is 2. The fourth-order valence-electron chi connectivity index (χ4n) is 0.972. The maximum atomic E-state index is 11.4. The molecule has 0 spiro atoms. The van der Waals surface area contributed by atoms with Crippen LogP contribution < -0.4 is 21.7 Å². The molecule has 0 rings (SSSR count). The molecular formula is C9H18N4O3. The summed E-state index contributed by atoms with van der Waals surface area (Å²) in [6.45, 7) is 1.39. The monoisotopic (exact) mass is 230 g/mol. The second-order valence-corrected chi connectivity index (χ2v) is 3.31. The molecule has 0 saturated carbocycles. The molecule has 7 nitrogen and oxygen atoms in total. The van der Waals surface area contributed by atoms with Gasteiger partial charge in [0.15, 0.2) is 0 Å². The van der Waals surface area contributed by atoms with E-state index in [0.29, 0.717) is 0 Å². The number of carbonyl (C=O) groups excluding carboxylic acids is 3. The molecular weight excluding hydrogens is 212 g/mol. The van der Waals surface area contributed by atoms with Crippen molar-refractivity contribution >= 4 is 17.6 Å². The van der Waals surface area contributed by atoms with E-state index in [1.54, 1.807) is 7.05 Å². The van der Waals surface area contributed by atoms with Crippen molar-refractivity contribution in [3.8, 4) is 0 Å². The van der Waals surface area contributed by atoms with Crippen LogP contribution in [0.3, 0.4) is 0 Å². The zero-order valence-electron chi connectivity index (χ0n) is 9.50. The third-order valence-electron chi connectivity index (χ3n) is 1.74. The molecule has 0 fully saturated rings. The minimum Gasteiger partial charge on any atom is -0.347 e. The molecule has 5 N–H and O–H groups in total. The first-order valence-corrected chi connectivity index (χ1v) is 4.92. The topological polar surface area (TPSA) is 113 Å². The summed E-state index contributed by atoms with van der Waals surface area (Å²) in [6.07, 6.45) is 0. The van der Waals surface area contributed by atoms with Crippen LogP contribution in [0.15, 0.2) is 0 Å². The summed E-state index contributed by atoms with van der Waals surface area (Å²) in [5.74, 6) is -0.941. The molecule has 0 bridgehead atoms. The van der Waals surface area contributed by atoms with Crippen molar-refractivity contribution in [1.29, 1.82) is 0 Å². The Morgan fingerprint density at radius 3 is 2.31 bits per heavy atom. The van der Waals surface area contributed by atoms with Crippen molar-refractivity contribution in [2.24, 2.45) is 5.73 Å². The zero-order chi connectivity index (χ0) is 12.6. The van der Waals surface area contributed by atoms with E-state index < -0.39 is 11.9 Å². The third-order valence-corrected chi connectivity index (χ3v) is 1.74. The van der Waals surface area contributed by atoms with Gasteiger partial charge in [-0.15, -0.1) is 0 Å². The van der Waals surface area contributed by atoms with Crippen LogP contribution in [0.5, 0.6) is 0 Å². The number of carbonyl (C=O) groups is 3. The molecule has 0 aromatic heterocycles. The molecule has 1 unspecified atom stereocenters. The van der Waals surface area contributed by atoms with Gasteiger partial charge in [0.25, 0.3) is 0 Å². The highest BCUT2D eigenvalue weighted by atomic mass is 16.2. The zero-order valence-corrected chi connectivity index (χ0v) is 9.50. The molecule has 2 amide bonds. The molecule has 1 atom stereocenters. The average molecular weight is 230 g/mol. The van der Waals surface area contributed by atoms with E-state index in [4.69, 9.17) is 5.73 Å². The summed E-state index contributed by atoms with van der Waals surface area (Å²) in [4.78, 5) is 33.3. The number of likely N-dealkylation sites (N-methyl/N-ethyl adjacent to an activating group) is 1. The molecule has 0 heterocycles. The van der Waals surface area contributed by atoms with Crippen LogP contribution in [-0.2, 0) is 14.4 Å². The van der Waals surface area contributed by atoms with Gasteiger partial charge in [0.05, 0.1) is 13.1 Å². The van der Waals surface area contributed by atoms with Gasteiger partial charge in [0.1, 0.15) is 11.8 Å².